The monoisotopic (exact) mass is 218 g/mol. The minimum Gasteiger partial charge on any atom is -0.320 e. The molecular formula is C12H14N2O2. The molecule has 0 aliphatic carbocycles. The van der Waals surface area contributed by atoms with Crippen molar-refractivity contribution in [2.24, 2.45) is 5.73 Å². The van der Waals surface area contributed by atoms with Gasteiger partial charge in [-0.3, -0.25) is 4.79 Å². The largest absolute Gasteiger partial charge is 0.320 e. The highest BCUT2D eigenvalue weighted by atomic mass is 16.2. The SMILES string of the molecule is NC1CCc2ccccc2N(CC=O)C1=O. The van der Waals surface area contributed by atoms with Gasteiger partial charge in [0.05, 0.1) is 12.6 Å². The number of aryl methyl sites for hydroxylation is 1. The molecule has 0 saturated heterocycles. The molecule has 4 nitrogen and oxygen atoms in total. The van der Waals surface area contributed by atoms with E-state index >= 15 is 0 Å². The van der Waals surface area contributed by atoms with Crippen molar-refractivity contribution in [1.82, 2.24) is 0 Å². The van der Waals surface area contributed by atoms with E-state index in [9.17, 15) is 9.59 Å². The second-order valence-corrected chi connectivity index (χ2v) is 3.89. The van der Waals surface area contributed by atoms with Gasteiger partial charge in [0.1, 0.15) is 6.29 Å². The van der Waals surface area contributed by atoms with E-state index in [0.29, 0.717) is 6.42 Å². The molecule has 0 spiro atoms. The van der Waals surface area contributed by atoms with Crippen LogP contribution in [0.2, 0.25) is 0 Å². The number of nitrogens with two attached hydrogens (primary N) is 1. The Morgan fingerprint density at radius 1 is 1.44 bits per heavy atom. The summed E-state index contributed by atoms with van der Waals surface area (Å²) < 4.78 is 0. The van der Waals surface area contributed by atoms with Gasteiger partial charge in [0.25, 0.3) is 0 Å². The second kappa shape index (κ2) is 4.45. The first-order valence-corrected chi connectivity index (χ1v) is 5.32. The van der Waals surface area contributed by atoms with E-state index in [-0.39, 0.29) is 12.5 Å². The third-order valence-corrected chi connectivity index (χ3v) is 2.85. The number of para-hydroxylation sites is 1. The molecule has 16 heavy (non-hydrogen) atoms. The number of hydrogen-bond donors (Lipinski definition) is 1. The Labute approximate surface area is 94.0 Å². The van der Waals surface area contributed by atoms with Crippen LogP contribution in [0.25, 0.3) is 0 Å². The van der Waals surface area contributed by atoms with Gasteiger partial charge in [0.15, 0.2) is 0 Å². The molecule has 0 bridgehead atoms. The number of rotatable bonds is 2. The van der Waals surface area contributed by atoms with Crippen LogP contribution in [0.3, 0.4) is 0 Å². The quantitative estimate of drug-likeness (QED) is 0.735. The van der Waals surface area contributed by atoms with Crippen LogP contribution in [0.15, 0.2) is 24.3 Å². The van der Waals surface area contributed by atoms with Gasteiger partial charge >= 0.3 is 0 Å². The molecule has 1 aromatic rings. The van der Waals surface area contributed by atoms with Gasteiger partial charge in [-0.25, -0.2) is 0 Å². The fourth-order valence-corrected chi connectivity index (χ4v) is 2.00. The number of anilines is 1. The van der Waals surface area contributed by atoms with Crippen LogP contribution in [0, 0.1) is 0 Å². The summed E-state index contributed by atoms with van der Waals surface area (Å²) in [6.07, 6.45) is 2.14. The number of aldehydes is 1. The average Bonchev–Trinajstić information content (AvgIpc) is 2.42. The molecule has 1 atom stereocenters. The van der Waals surface area contributed by atoms with Crippen LogP contribution in [0.5, 0.6) is 0 Å². The maximum atomic E-state index is 11.9. The lowest BCUT2D eigenvalue weighted by atomic mass is 10.1. The summed E-state index contributed by atoms with van der Waals surface area (Å²) in [5, 5.41) is 0. The van der Waals surface area contributed by atoms with Crippen LogP contribution in [-0.4, -0.2) is 24.8 Å². The summed E-state index contributed by atoms with van der Waals surface area (Å²) in [6.45, 7) is 0.0730. The van der Waals surface area contributed by atoms with Gasteiger partial charge in [-0.15, -0.1) is 0 Å². The molecule has 0 saturated carbocycles. The summed E-state index contributed by atoms with van der Waals surface area (Å²) in [4.78, 5) is 24.0. The number of carbonyl (C=O) groups excluding carboxylic acids is 2. The molecule has 1 aliphatic rings. The smallest absolute Gasteiger partial charge is 0.244 e. The van der Waals surface area contributed by atoms with E-state index in [1.165, 1.54) is 4.90 Å². The van der Waals surface area contributed by atoms with Gasteiger partial charge < -0.3 is 15.4 Å². The molecule has 0 aromatic heterocycles. The summed E-state index contributed by atoms with van der Waals surface area (Å²) in [6, 6.07) is 7.11. The van der Waals surface area contributed by atoms with Crippen molar-refractivity contribution in [3.8, 4) is 0 Å². The van der Waals surface area contributed by atoms with E-state index in [2.05, 4.69) is 0 Å². The average molecular weight is 218 g/mol. The third kappa shape index (κ3) is 1.84. The Morgan fingerprint density at radius 2 is 2.19 bits per heavy atom. The molecular weight excluding hydrogens is 204 g/mol. The zero-order chi connectivity index (χ0) is 11.5. The standard InChI is InChI=1S/C12H14N2O2/c13-10-6-5-9-3-1-2-4-11(9)14(7-8-15)12(10)16/h1-4,8,10H,5-7,13H2. The van der Waals surface area contributed by atoms with Gasteiger partial charge in [0, 0.05) is 5.69 Å². The zero-order valence-corrected chi connectivity index (χ0v) is 8.93. The molecule has 0 radical (unpaired) electrons. The predicted molar refractivity (Wildman–Crippen MR) is 61.2 cm³/mol. The molecule has 2 N–H and O–H groups in total. The van der Waals surface area contributed by atoms with Crippen molar-refractivity contribution < 1.29 is 9.59 Å². The molecule has 4 heteroatoms. The topological polar surface area (TPSA) is 63.4 Å². The van der Waals surface area contributed by atoms with Crippen LogP contribution in [0.4, 0.5) is 5.69 Å². The highest BCUT2D eigenvalue weighted by molar-refractivity contribution is 6.00. The third-order valence-electron chi connectivity index (χ3n) is 2.85. The molecule has 1 heterocycles. The van der Waals surface area contributed by atoms with Gasteiger partial charge in [-0.2, -0.15) is 0 Å². The van der Waals surface area contributed by atoms with Gasteiger partial charge in [-0.05, 0) is 24.5 Å². The van der Waals surface area contributed by atoms with Crippen molar-refractivity contribution in [2.45, 2.75) is 18.9 Å². The maximum absolute atomic E-state index is 11.9. The molecule has 2 rings (SSSR count). The van der Waals surface area contributed by atoms with Gasteiger partial charge in [-0.1, -0.05) is 18.2 Å². The highest BCUT2D eigenvalue weighted by Crippen LogP contribution is 2.25. The van der Waals surface area contributed by atoms with Gasteiger partial charge in [0.2, 0.25) is 5.91 Å². The lowest BCUT2D eigenvalue weighted by Crippen LogP contribution is -2.43. The van der Waals surface area contributed by atoms with E-state index < -0.39 is 6.04 Å². The number of carbonyl (C=O) groups is 2. The first kappa shape index (κ1) is 10.8. The van der Waals surface area contributed by atoms with Crippen molar-refractivity contribution in [3.05, 3.63) is 29.8 Å². The number of hydrogen-bond acceptors (Lipinski definition) is 3. The highest BCUT2D eigenvalue weighted by Gasteiger charge is 2.27. The Morgan fingerprint density at radius 3 is 2.94 bits per heavy atom. The molecule has 1 aromatic carbocycles. The van der Waals surface area contributed by atoms with Crippen molar-refractivity contribution in [3.63, 3.8) is 0 Å². The van der Waals surface area contributed by atoms with Crippen molar-refractivity contribution in [2.75, 3.05) is 11.4 Å². The lowest BCUT2D eigenvalue weighted by molar-refractivity contribution is -0.121. The Kier molecular flexibility index (Phi) is 3.01. The molecule has 1 aliphatic heterocycles. The number of nitrogens with zero attached hydrogens (tertiary/aromatic N) is 1. The fourth-order valence-electron chi connectivity index (χ4n) is 2.00. The first-order chi connectivity index (χ1) is 7.74. The Balaban J connectivity index is 2.44. The van der Waals surface area contributed by atoms with Crippen LogP contribution in [-0.2, 0) is 16.0 Å². The zero-order valence-electron chi connectivity index (χ0n) is 8.93. The molecule has 1 unspecified atom stereocenters. The summed E-state index contributed by atoms with van der Waals surface area (Å²) >= 11 is 0. The number of benzene rings is 1. The maximum Gasteiger partial charge on any atom is 0.244 e. The first-order valence-electron chi connectivity index (χ1n) is 5.32. The second-order valence-electron chi connectivity index (χ2n) is 3.89. The summed E-state index contributed by atoms with van der Waals surface area (Å²) in [5.41, 5.74) is 7.66. The lowest BCUT2D eigenvalue weighted by Gasteiger charge is -2.22. The van der Waals surface area contributed by atoms with E-state index in [1.54, 1.807) is 0 Å². The summed E-state index contributed by atoms with van der Waals surface area (Å²) in [5.74, 6) is -0.169. The van der Waals surface area contributed by atoms with Crippen LogP contribution < -0.4 is 10.6 Å². The predicted octanol–water partition coefficient (Wildman–Crippen LogP) is 0.492. The minimum atomic E-state index is -0.507. The minimum absolute atomic E-state index is 0.0730. The van der Waals surface area contributed by atoms with E-state index in [4.69, 9.17) is 5.73 Å². The molecule has 84 valence electrons. The molecule has 1 amide bonds. The van der Waals surface area contributed by atoms with Crippen LogP contribution >= 0.6 is 0 Å². The normalized spacial score (nSPS) is 20.2. The Hall–Kier alpha value is -1.68. The number of fused-ring (bicyclic) bond motifs is 1. The fraction of sp³-hybridized carbons (Fsp3) is 0.333. The van der Waals surface area contributed by atoms with Crippen LogP contribution in [0.1, 0.15) is 12.0 Å². The Bertz CT molecular complexity index is 417. The van der Waals surface area contributed by atoms with E-state index in [0.717, 1.165) is 24.0 Å². The van der Waals surface area contributed by atoms with E-state index in [1.807, 2.05) is 24.3 Å². The molecule has 0 fully saturated rings. The van der Waals surface area contributed by atoms with Crippen molar-refractivity contribution in [1.29, 1.82) is 0 Å². The summed E-state index contributed by atoms with van der Waals surface area (Å²) in [7, 11) is 0. The number of amides is 1. The van der Waals surface area contributed by atoms with Crippen molar-refractivity contribution >= 4 is 17.9 Å².